The molecule has 0 aliphatic rings. The van der Waals surface area contributed by atoms with E-state index in [1.165, 1.54) is 0 Å². The van der Waals surface area contributed by atoms with Gasteiger partial charge in [-0.1, -0.05) is 19.3 Å². The SMILES string of the molecule is C[Si](C)(C)O[Si](C)(CCCCC(CO)(CO)CCC[Si](C)(O[Si](C)(C)C)O[Si](C)(C)C)O[Si](C)(C)C. The Kier molecular flexibility index (Phi) is 14.5. The van der Waals surface area contributed by atoms with E-state index in [2.05, 4.69) is 91.7 Å². The van der Waals surface area contributed by atoms with Gasteiger partial charge in [0, 0.05) is 5.41 Å². The van der Waals surface area contributed by atoms with Gasteiger partial charge in [-0.15, -0.1) is 0 Å². The maximum Gasteiger partial charge on any atom is 0.314 e. The molecule has 0 spiro atoms. The fourth-order valence-electron chi connectivity index (χ4n) is 5.06. The Balaban J connectivity index is 5.18. The van der Waals surface area contributed by atoms with Gasteiger partial charge in [0.25, 0.3) is 0 Å². The molecule has 0 heterocycles. The summed E-state index contributed by atoms with van der Waals surface area (Å²) >= 11 is 0. The number of aliphatic hydroxyl groups excluding tert-OH is 2. The van der Waals surface area contributed by atoms with Crippen LogP contribution in [0.3, 0.4) is 0 Å². The molecule has 0 atom stereocenters. The first-order valence-corrected chi connectivity index (χ1v) is 32.6. The highest BCUT2D eigenvalue weighted by Gasteiger charge is 2.42. The monoisotopic (exact) mass is 614 g/mol. The average molecular weight is 615 g/mol. The van der Waals surface area contributed by atoms with E-state index >= 15 is 0 Å². The Bertz CT molecular complexity index is 601. The van der Waals surface area contributed by atoms with Crippen molar-refractivity contribution in [3.8, 4) is 0 Å². The quantitative estimate of drug-likeness (QED) is 0.116. The molecule has 0 aromatic carbocycles. The van der Waals surface area contributed by atoms with Gasteiger partial charge in [-0.05, 0) is 117 Å². The van der Waals surface area contributed by atoms with Crippen LogP contribution < -0.4 is 0 Å². The molecule has 0 amide bonds. The second kappa shape index (κ2) is 14.1. The summed E-state index contributed by atoms with van der Waals surface area (Å²) in [6.45, 7) is 31.3. The van der Waals surface area contributed by atoms with Crippen LogP contribution in [0.2, 0.25) is 104 Å². The number of rotatable bonds is 19. The number of hydrogen-bond donors (Lipinski definition) is 2. The third kappa shape index (κ3) is 17.6. The summed E-state index contributed by atoms with van der Waals surface area (Å²) in [4.78, 5) is 0. The predicted molar refractivity (Wildman–Crippen MR) is 170 cm³/mol. The zero-order valence-corrected chi connectivity index (χ0v) is 32.4. The molecule has 0 fully saturated rings. The van der Waals surface area contributed by atoms with Crippen molar-refractivity contribution in [2.24, 2.45) is 5.41 Å². The fraction of sp³-hybridized carbons (Fsp3) is 1.00. The van der Waals surface area contributed by atoms with Crippen molar-refractivity contribution in [3.05, 3.63) is 0 Å². The first-order valence-electron chi connectivity index (χ1n) is 13.9. The zero-order valence-electron chi connectivity index (χ0n) is 26.4. The molecule has 0 aromatic rings. The lowest BCUT2D eigenvalue weighted by Gasteiger charge is -2.40. The van der Waals surface area contributed by atoms with Crippen LogP contribution in [0.1, 0.15) is 32.1 Å². The second-order valence-corrected chi connectivity index (χ2v) is 40.7. The van der Waals surface area contributed by atoms with Crippen LogP contribution in [-0.2, 0) is 16.5 Å². The minimum absolute atomic E-state index is 0.0109. The van der Waals surface area contributed by atoms with Gasteiger partial charge >= 0.3 is 17.1 Å². The maximum absolute atomic E-state index is 10.3. The molecule has 0 saturated carbocycles. The van der Waals surface area contributed by atoms with E-state index in [-0.39, 0.29) is 13.2 Å². The minimum atomic E-state index is -2.31. The Morgan fingerprint density at radius 1 is 0.444 bits per heavy atom. The van der Waals surface area contributed by atoms with E-state index < -0.39 is 55.8 Å². The van der Waals surface area contributed by atoms with Gasteiger partial charge in [-0.25, -0.2) is 0 Å². The van der Waals surface area contributed by atoms with Crippen molar-refractivity contribution in [1.82, 2.24) is 0 Å². The van der Waals surface area contributed by atoms with E-state index in [9.17, 15) is 10.2 Å². The molecular formula is C24H62O6Si6. The Labute approximate surface area is 230 Å². The van der Waals surface area contributed by atoms with Gasteiger partial charge in [0.15, 0.2) is 33.3 Å². The van der Waals surface area contributed by atoms with Gasteiger partial charge < -0.3 is 26.7 Å². The van der Waals surface area contributed by atoms with Crippen molar-refractivity contribution in [2.75, 3.05) is 13.2 Å². The van der Waals surface area contributed by atoms with Crippen LogP contribution >= 0.6 is 0 Å². The summed E-state index contributed by atoms with van der Waals surface area (Å²) in [6.07, 6.45) is 4.47. The van der Waals surface area contributed by atoms with E-state index in [1.54, 1.807) is 0 Å². The molecule has 0 rings (SSSR count). The highest BCUT2D eigenvalue weighted by Crippen LogP contribution is 2.35. The average Bonchev–Trinajstić information content (AvgIpc) is 2.57. The molecule has 0 aliphatic carbocycles. The van der Waals surface area contributed by atoms with Crippen molar-refractivity contribution in [1.29, 1.82) is 0 Å². The van der Waals surface area contributed by atoms with E-state index in [4.69, 9.17) is 16.5 Å². The number of unbranched alkanes of at least 4 members (excludes halogenated alkanes) is 1. The highest BCUT2D eigenvalue weighted by molar-refractivity contribution is 6.88. The van der Waals surface area contributed by atoms with Crippen LogP contribution in [0, 0.1) is 5.41 Å². The lowest BCUT2D eigenvalue weighted by molar-refractivity contribution is 0.0368. The summed E-state index contributed by atoms with van der Waals surface area (Å²) in [6, 6.07) is 1.87. The summed E-state index contributed by atoms with van der Waals surface area (Å²) in [5.41, 5.74) is -0.454. The normalized spacial score (nSPS) is 15.0. The zero-order chi connectivity index (χ0) is 28.7. The number of hydrogen-bond acceptors (Lipinski definition) is 6. The molecule has 0 aromatic heterocycles. The number of aliphatic hydroxyl groups is 2. The molecule has 218 valence electrons. The lowest BCUT2D eigenvalue weighted by atomic mass is 9.80. The van der Waals surface area contributed by atoms with Crippen LogP contribution in [0.25, 0.3) is 0 Å². The first kappa shape index (κ1) is 37.1. The van der Waals surface area contributed by atoms with E-state index in [0.29, 0.717) is 0 Å². The topological polar surface area (TPSA) is 77.4 Å². The van der Waals surface area contributed by atoms with Gasteiger partial charge in [-0.2, -0.15) is 0 Å². The van der Waals surface area contributed by atoms with Crippen molar-refractivity contribution < 1.29 is 26.7 Å². The third-order valence-electron chi connectivity index (χ3n) is 5.69. The Hall–Kier alpha value is 1.06. The second-order valence-electron chi connectivity index (χ2n) is 15.0. The molecule has 0 bridgehead atoms. The van der Waals surface area contributed by atoms with Gasteiger partial charge in [-0.3, -0.25) is 0 Å². The molecule has 36 heavy (non-hydrogen) atoms. The summed E-state index contributed by atoms with van der Waals surface area (Å²) in [5, 5.41) is 20.6. The molecule has 0 radical (unpaired) electrons. The minimum Gasteiger partial charge on any atom is -0.437 e. The van der Waals surface area contributed by atoms with Gasteiger partial charge in [0.2, 0.25) is 0 Å². The smallest absolute Gasteiger partial charge is 0.314 e. The molecule has 0 saturated heterocycles. The summed E-state index contributed by atoms with van der Waals surface area (Å²) in [7, 11) is -11.5. The van der Waals surface area contributed by atoms with E-state index in [1.807, 2.05) is 0 Å². The third-order valence-corrected chi connectivity index (χ3v) is 24.9. The Morgan fingerprint density at radius 3 is 1.00 bits per heavy atom. The van der Waals surface area contributed by atoms with Crippen LogP contribution in [-0.4, -0.2) is 73.8 Å². The van der Waals surface area contributed by atoms with Crippen molar-refractivity contribution in [2.45, 2.75) is 136 Å². The van der Waals surface area contributed by atoms with E-state index in [0.717, 1.165) is 44.2 Å². The standard InChI is InChI=1S/C24H62O6Si6/c1-31(2,3)27-35(13,28-32(4,5)6)20-16-15-18-24(22-25,23-26)19-17-21-36(14,29-33(7,8)9)30-34(10,11)12/h25-26H,15-23H2,1-14H3. The van der Waals surface area contributed by atoms with Gasteiger partial charge in [0.1, 0.15) is 0 Å². The van der Waals surface area contributed by atoms with Gasteiger partial charge in [0.05, 0.1) is 13.2 Å². The largest absolute Gasteiger partial charge is 0.437 e. The molecular weight excluding hydrogens is 553 g/mol. The predicted octanol–water partition coefficient (Wildman–Crippen LogP) is 7.46. The van der Waals surface area contributed by atoms with Crippen LogP contribution in [0.5, 0.6) is 0 Å². The molecule has 12 heteroatoms. The molecule has 0 aliphatic heterocycles. The maximum atomic E-state index is 10.3. The highest BCUT2D eigenvalue weighted by atomic mass is 28.5. The van der Waals surface area contributed by atoms with Crippen LogP contribution in [0.4, 0.5) is 0 Å². The lowest BCUT2D eigenvalue weighted by Crippen LogP contribution is -2.52. The first-order chi connectivity index (χ1) is 15.9. The Morgan fingerprint density at radius 2 is 0.722 bits per heavy atom. The molecule has 2 N–H and O–H groups in total. The molecule has 6 nitrogen and oxygen atoms in total. The van der Waals surface area contributed by atoms with Crippen molar-refractivity contribution in [3.63, 3.8) is 0 Å². The summed E-state index contributed by atoms with van der Waals surface area (Å²) < 4.78 is 26.6. The summed E-state index contributed by atoms with van der Waals surface area (Å²) in [5.74, 6) is 0. The van der Waals surface area contributed by atoms with Crippen LogP contribution in [0.15, 0.2) is 0 Å². The fourth-order valence-corrected chi connectivity index (χ4v) is 30.2. The van der Waals surface area contributed by atoms with Crippen molar-refractivity contribution >= 4 is 50.4 Å². The molecule has 0 unspecified atom stereocenters.